The van der Waals surface area contributed by atoms with Gasteiger partial charge in [-0.15, -0.1) is 0 Å². The maximum Gasteiger partial charge on any atom is 0.496 e. The third-order valence-electron chi connectivity index (χ3n) is 4.20. The van der Waals surface area contributed by atoms with Crippen LogP contribution < -0.4 is 10.2 Å². The van der Waals surface area contributed by atoms with Crippen molar-refractivity contribution < 1.29 is 14.0 Å². The van der Waals surface area contributed by atoms with E-state index in [9.17, 15) is 0 Å². The molecule has 0 unspecified atom stereocenters. The molecule has 20 heavy (non-hydrogen) atoms. The molecule has 0 radical (unpaired) electrons. The standard InChI is InChI=1S/C15H24BNO3/c1-10(2)13-12(18-7)8-11(9-17-13)16-19-14(3,4)15(5,6)20-16/h8-10H,1-7H3. The minimum absolute atomic E-state index is 0.317. The van der Waals surface area contributed by atoms with Crippen molar-refractivity contribution in [1.29, 1.82) is 0 Å². The quantitative estimate of drug-likeness (QED) is 0.796. The molecule has 1 aromatic heterocycles. The van der Waals surface area contributed by atoms with Crippen LogP contribution >= 0.6 is 0 Å². The lowest BCUT2D eigenvalue weighted by Crippen LogP contribution is -2.41. The van der Waals surface area contributed by atoms with Gasteiger partial charge in [0.25, 0.3) is 0 Å². The zero-order valence-corrected chi connectivity index (χ0v) is 13.5. The summed E-state index contributed by atoms with van der Waals surface area (Å²) < 4.78 is 17.5. The summed E-state index contributed by atoms with van der Waals surface area (Å²) in [6.07, 6.45) is 1.82. The minimum atomic E-state index is -0.400. The normalized spacial score (nSPS) is 20.5. The highest BCUT2D eigenvalue weighted by Crippen LogP contribution is 2.36. The molecule has 1 aliphatic rings. The second kappa shape index (κ2) is 5.04. The molecule has 0 bridgehead atoms. The van der Waals surface area contributed by atoms with E-state index >= 15 is 0 Å². The maximum atomic E-state index is 6.03. The number of nitrogens with zero attached hydrogens (tertiary/aromatic N) is 1. The van der Waals surface area contributed by atoms with Crippen LogP contribution in [-0.2, 0) is 9.31 Å². The zero-order valence-electron chi connectivity index (χ0n) is 13.5. The average Bonchev–Trinajstić information content (AvgIpc) is 2.57. The molecule has 5 heteroatoms. The van der Waals surface area contributed by atoms with Gasteiger partial charge in [0.1, 0.15) is 5.75 Å². The molecule has 1 saturated heterocycles. The largest absolute Gasteiger partial charge is 0.496 e. The fourth-order valence-corrected chi connectivity index (χ4v) is 2.18. The van der Waals surface area contributed by atoms with Crippen LogP contribution in [0.25, 0.3) is 0 Å². The van der Waals surface area contributed by atoms with E-state index in [0.29, 0.717) is 5.92 Å². The Labute approximate surface area is 122 Å². The van der Waals surface area contributed by atoms with Crippen molar-refractivity contribution in [3.8, 4) is 5.75 Å². The Kier molecular flexibility index (Phi) is 3.86. The van der Waals surface area contributed by atoms with Gasteiger partial charge < -0.3 is 14.0 Å². The highest BCUT2D eigenvalue weighted by molar-refractivity contribution is 6.62. The third-order valence-corrected chi connectivity index (χ3v) is 4.20. The molecule has 2 rings (SSSR count). The summed E-state index contributed by atoms with van der Waals surface area (Å²) in [5.74, 6) is 1.10. The lowest BCUT2D eigenvalue weighted by Gasteiger charge is -2.32. The zero-order chi connectivity index (χ0) is 15.1. The lowest BCUT2D eigenvalue weighted by atomic mass is 9.80. The summed E-state index contributed by atoms with van der Waals surface area (Å²) in [5, 5.41) is 0. The topological polar surface area (TPSA) is 40.6 Å². The van der Waals surface area contributed by atoms with Crippen LogP contribution in [0.4, 0.5) is 0 Å². The molecular formula is C15H24BNO3. The Morgan fingerprint density at radius 2 is 1.70 bits per heavy atom. The van der Waals surface area contributed by atoms with Crippen LogP contribution in [0.2, 0.25) is 0 Å². The molecule has 0 aliphatic carbocycles. The summed E-state index contributed by atoms with van der Waals surface area (Å²) in [5.41, 5.74) is 1.15. The van der Waals surface area contributed by atoms with Crippen molar-refractivity contribution in [1.82, 2.24) is 4.98 Å². The fraction of sp³-hybridized carbons (Fsp3) is 0.667. The van der Waals surface area contributed by atoms with Gasteiger partial charge >= 0.3 is 7.12 Å². The summed E-state index contributed by atoms with van der Waals surface area (Å²) in [6.45, 7) is 12.4. The van der Waals surface area contributed by atoms with E-state index in [1.54, 1.807) is 7.11 Å². The van der Waals surface area contributed by atoms with Crippen LogP contribution in [0.5, 0.6) is 5.75 Å². The van der Waals surface area contributed by atoms with Crippen molar-refractivity contribution in [2.75, 3.05) is 7.11 Å². The Bertz CT molecular complexity index is 484. The molecule has 1 aromatic rings. The highest BCUT2D eigenvalue weighted by atomic mass is 16.7. The molecule has 0 spiro atoms. The Morgan fingerprint density at radius 3 is 2.15 bits per heavy atom. The number of pyridine rings is 1. The molecule has 110 valence electrons. The van der Waals surface area contributed by atoms with Crippen LogP contribution in [-0.4, -0.2) is 30.4 Å². The van der Waals surface area contributed by atoms with Crippen molar-refractivity contribution in [3.63, 3.8) is 0 Å². The van der Waals surface area contributed by atoms with Gasteiger partial charge in [-0.25, -0.2) is 0 Å². The van der Waals surface area contributed by atoms with Gasteiger partial charge in [0.05, 0.1) is 24.0 Å². The van der Waals surface area contributed by atoms with Gasteiger partial charge in [0.2, 0.25) is 0 Å². The second-order valence-corrected chi connectivity index (χ2v) is 6.60. The number of ether oxygens (including phenoxy) is 1. The number of aromatic nitrogens is 1. The van der Waals surface area contributed by atoms with Gasteiger partial charge in [-0.1, -0.05) is 13.8 Å². The molecule has 1 fully saturated rings. The number of hydrogen-bond acceptors (Lipinski definition) is 4. The molecular weight excluding hydrogens is 253 g/mol. The van der Waals surface area contributed by atoms with Crippen molar-refractivity contribution in [2.24, 2.45) is 0 Å². The number of rotatable bonds is 3. The van der Waals surface area contributed by atoms with Gasteiger partial charge in [-0.2, -0.15) is 0 Å². The summed E-state index contributed by atoms with van der Waals surface area (Å²) in [7, 11) is 1.26. The van der Waals surface area contributed by atoms with Crippen molar-refractivity contribution in [3.05, 3.63) is 18.0 Å². The molecule has 0 amide bonds. The summed E-state index contributed by atoms with van der Waals surface area (Å²) in [6, 6.07) is 1.96. The van der Waals surface area contributed by atoms with Crippen LogP contribution in [0.3, 0.4) is 0 Å². The van der Waals surface area contributed by atoms with E-state index in [4.69, 9.17) is 14.0 Å². The van der Waals surface area contributed by atoms with Gasteiger partial charge in [0.15, 0.2) is 0 Å². The molecule has 0 aromatic carbocycles. The Balaban J connectivity index is 2.32. The Hall–Kier alpha value is -1.07. The van der Waals surface area contributed by atoms with E-state index in [-0.39, 0.29) is 11.2 Å². The predicted octanol–water partition coefficient (Wildman–Crippen LogP) is 2.51. The van der Waals surface area contributed by atoms with E-state index in [1.807, 2.05) is 40.0 Å². The molecule has 0 saturated carbocycles. The summed E-state index contributed by atoms with van der Waals surface area (Å²) >= 11 is 0. The van der Waals surface area contributed by atoms with Crippen molar-refractivity contribution >= 4 is 12.6 Å². The first-order chi connectivity index (χ1) is 9.18. The van der Waals surface area contributed by atoms with Gasteiger partial charge in [-0.05, 0) is 39.7 Å². The molecule has 0 atom stereocenters. The smallest absolute Gasteiger partial charge is 0.495 e. The SMILES string of the molecule is COc1cc(B2OC(C)(C)C(C)(C)O2)cnc1C(C)C. The average molecular weight is 277 g/mol. The molecule has 0 N–H and O–H groups in total. The van der Waals surface area contributed by atoms with Crippen LogP contribution in [0.15, 0.2) is 12.3 Å². The highest BCUT2D eigenvalue weighted by Gasteiger charge is 2.51. The van der Waals surface area contributed by atoms with Gasteiger partial charge in [0, 0.05) is 11.7 Å². The second-order valence-electron chi connectivity index (χ2n) is 6.60. The van der Waals surface area contributed by atoms with E-state index in [0.717, 1.165) is 16.9 Å². The fourth-order valence-electron chi connectivity index (χ4n) is 2.18. The van der Waals surface area contributed by atoms with E-state index < -0.39 is 7.12 Å². The number of hydrogen-bond donors (Lipinski definition) is 0. The molecule has 1 aliphatic heterocycles. The van der Waals surface area contributed by atoms with E-state index in [1.165, 1.54) is 0 Å². The predicted molar refractivity (Wildman–Crippen MR) is 80.6 cm³/mol. The summed E-state index contributed by atoms with van der Waals surface area (Å²) in [4.78, 5) is 4.50. The van der Waals surface area contributed by atoms with Crippen LogP contribution in [0, 0.1) is 0 Å². The van der Waals surface area contributed by atoms with Crippen LogP contribution in [0.1, 0.15) is 53.2 Å². The first-order valence-corrected chi connectivity index (χ1v) is 7.07. The van der Waals surface area contributed by atoms with Crippen molar-refractivity contribution in [2.45, 2.75) is 58.7 Å². The monoisotopic (exact) mass is 277 g/mol. The third kappa shape index (κ3) is 2.57. The number of methoxy groups -OCH3 is 1. The molecule has 2 heterocycles. The Morgan fingerprint density at radius 1 is 1.15 bits per heavy atom. The van der Waals surface area contributed by atoms with Gasteiger partial charge in [-0.3, -0.25) is 4.98 Å². The maximum absolute atomic E-state index is 6.03. The minimum Gasteiger partial charge on any atom is -0.495 e. The van der Waals surface area contributed by atoms with E-state index in [2.05, 4.69) is 18.8 Å². The molecule has 4 nitrogen and oxygen atoms in total. The lowest BCUT2D eigenvalue weighted by molar-refractivity contribution is 0.00578. The first-order valence-electron chi connectivity index (χ1n) is 7.07. The first kappa shape index (κ1) is 15.3.